The van der Waals surface area contributed by atoms with Crippen molar-refractivity contribution in [2.45, 2.75) is 82.8 Å². The van der Waals surface area contributed by atoms with Crippen LogP contribution in [0.5, 0.6) is 28.7 Å². The van der Waals surface area contributed by atoms with Crippen LogP contribution in [0.1, 0.15) is 71.5 Å². The van der Waals surface area contributed by atoms with Crippen LogP contribution >= 0.6 is 11.8 Å². The molecule has 0 saturated carbocycles. The summed E-state index contributed by atoms with van der Waals surface area (Å²) in [7, 11) is 3.42. The number of piperazine rings is 1. The number of hydrogen-bond donors (Lipinski definition) is 2. The SMILES string of the molecule is COc1c(C)cc2c(c1O)[C@@H]1C3[C@H](SC[C@H](C)OC(C)=O)c4c(OC(C)=O)c(C)c5c(c4[C@H](COC=O)N3[C@@H](O)[C@H](C2)N1C)OCO5. The van der Waals surface area contributed by atoms with Gasteiger partial charge in [0.1, 0.15) is 24.7 Å². The van der Waals surface area contributed by atoms with Gasteiger partial charge in [0.15, 0.2) is 23.0 Å². The van der Waals surface area contributed by atoms with E-state index in [0.717, 1.165) is 11.1 Å². The van der Waals surface area contributed by atoms with Crippen molar-refractivity contribution < 1.29 is 53.0 Å². The Morgan fingerprint density at radius 2 is 1.85 bits per heavy atom. The minimum Gasteiger partial charge on any atom is -0.504 e. The van der Waals surface area contributed by atoms with Gasteiger partial charge in [-0.05, 0) is 45.4 Å². The second-order valence-electron chi connectivity index (χ2n) is 12.4. The first-order valence-corrected chi connectivity index (χ1v) is 16.5. The summed E-state index contributed by atoms with van der Waals surface area (Å²) in [5.41, 5.74) is 4.07. The highest BCUT2D eigenvalue weighted by atomic mass is 32.2. The summed E-state index contributed by atoms with van der Waals surface area (Å²) in [6.45, 7) is 8.24. The number of aryl methyl sites for hydroxylation is 1. The molecular weight excluding hydrogens is 632 g/mol. The second-order valence-corrected chi connectivity index (χ2v) is 13.6. The first kappa shape index (κ1) is 33.2. The largest absolute Gasteiger partial charge is 0.504 e. The molecule has 0 aromatic heterocycles. The van der Waals surface area contributed by atoms with Crippen LogP contribution in [0.25, 0.3) is 0 Å². The number of fused-ring (bicyclic) bond motifs is 9. The van der Waals surface area contributed by atoms with E-state index in [4.69, 9.17) is 28.4 Å². The fraction of sp³-hybridized carbons (Fsp3) is 0.545. The Morgan fingerprint density at radius 3 is 2.51 bits per heavy atom. The van der Waals surface area contributed by atoms with Crippen LogP contribution in [-0.4, -0.2) is 96.1 Å². The molecule has 1 saturated heterocycles. The molecule has 13 nitrogen and oxygen atoms in total. The summed E-state index contributed by atoms with van der Waals surface area (Å²) in [5, 5.41) is 23.5. The van der Waals surface area contributed by atoms with Crippen LogP contribution in [-0.2, 0) is 30.3 Å². The van der Waals surface area contributed by atoms with Crippen LogP contribution in [0.4, 0.5) is 0 Å². The number of nitrogens with zero attached hydrogens (tertiary/aromatic N) is 2. The molecule has 1 unspecified atom stereocenters. The molecule has 4 aliphatic rings. The predicted molar refractivity (Wildman–Crippen MR) is 169 cm³/mol. The van der Waals surface area contributed by atoms with E-state index in [2.05, 4.69) is 4.90 Å². The summed E-state index contributed by atoms with van der Waals surface area (Å²) in [4.78, 5) is 40.2. The smallest absolute Gasteiger partial charge is 0.308 e. The zero-order chi connectivity index (χ0) is 33.9. The van der Waals surface area contributed by atoms with E-state index >= 15 is 0 Å². The average Bonchev–Trinajstić information content (AvgIpc) is 3.49. The molecular formula is C33H40N2O11S. The first-order chi connectivity index (χ1) is 22.4. The lowest BCUT2D eigenvalue weighted by Crippen LogP contribution is -2.69. The maximum atomic E-state index is 12.6. The highest BCUT2D eigenvalue weighted by molar-refractivity contribution is 7.99. The Bertz CT molecular complexity index is 1620. The zero-order valence-corrected chi connectivity index (χ0v) is 28.2. The number of aliphatic hydroxyl groups is 1. The van der Waals surface area contributed by atoms with E-state index in [1.165, 1.54) is 32.7 Å². The molecule has 1 fully saturated rings. The monoisotopic (exact) mass is 672 g/mol. The predicted octanol–water partition coefficient (Wildman–Crippen LogP) is 3.23. The van der Waals surface area contributed by atoms with Gasteiger partial charge in [-0.15, -0.1) is 11.8 Å². The molecule has 2 N–H and O–H groups in total. The number of rotatable bonds is 9. The summed E-state index contributed by atoms with van der Waals surface area (Å²) in [6.07, 6.45) is -1.10. The summed E-state index contributed by atoms with van der Waals surface area (Å²) >= 11 is 1.47. The summed E-state index contributed by atoms with van der Waals surface area (Å²) < 4.78 is 34.5. The van der Waals surface area contributed by atoms with Gasteiger partial charge in [-0.3, -0.25) is 24.2 Å². The van der Waals surface area contributed by atoms with Crippen molar-refractivity contribution in [3.63, 3.8) is 0 Å². The number of phenols is 1. The third kappa shape index (κ3) is 5.35. The summed E-state index contributed by atoms with van der Waals surface area (Å²) in [6, 6.07) is -0.265. The van der Waals surface area contributed by atoms with Crippen LogP contribution in [0.3, 0.4) is 0 Å². The van der Waals surface area contributed by atoms with E-state index in [1.54, 1.807) is 13.8 Å². The average molecular weight is 673 g/mol. The van der Waals surface area contributed by atoms with Crippen molar-refractivity contribution in [2.24, 2.45) is 0 Å². The van der Waals surface area contributed by atoms with Crippen LogP contribution in [0.15, 0.2) is 6.07 Å². The molecule has 0 aliphatic carbocycles. The van der Waals surface area contributed by atoms with Crippen LogP contribution in [0.2, 0.25) is 0 Å². The fourth-order valence-corrected chi connectivity index (χ4v) is 9.37. The molecule has 2 aromatic carbocycles. The number of benzene rings is 2. The first-order valence-electron chi connectivity index (χ1n) is 15.5. The van der Waals surface area contributed by atoms with Crippen molar-refractivity contribution in [3.05, 3.63) is 39.4 Å². The molecule has 14 heteroatoms. The maximum absolute atomic E-state index is 12.6. The van der Waals surface area contributed by atoms with Gasteiger partial charge >= 0.3 is 11.9 Å². The Balaban J connectivity index is 1.66. The van der Waals surface area contributed by atoms with Gasteiger partial charge in [-0.2, -0.15) is 0 Å². The number of aliphatic hydroxyl groups excluding tert-OH is 1. The molecule has 4 aliphatic heterocycles. The third-order valence-corrected chi connectivity index (χ3v) is 11.1. The van der Waals surface area contributed by atoms with Crippen LogP contribution in [0, 0.1) is 13.8 Å². The second kappa shape index (κ2) is 12.7. The molecule has 47 heavy (non-hydrogen) atoms. The van der Waals surface area contributed by atoms with Gasteiger partial charge in [-0.1, -0.05) is 6.07 Å². The van der Waals surface area contributed by atoms with Gasteiger partial charge < -0.3 is 38.6 Å². The Labute approximate surface area is 277 Å². The number of carbonyl (C=O) groups excluding carboxylic acids is 3. The highest BCUT2D eigenvalue weighted by Gasteiger charge is 2.60. The van der Waals surface area contributed by atoms with E-state index < -0.39 is 53.7 Å². The number of esters is 2. The number of thioether (sulfide) groups is 1. The van der Waals surface area contributed by atoms with Crippen molar-refractivity contribution in [1.29, 1.82) is 0 Å². The topological polar surface area (TPSA) is 154 Å². The Morgan fingerprint density at radius 1 is 1.13 bits per heavy atom. The number of ether oxygens (including phenoxy) is 6. The van der Waals surface area contributed by atoms with Gasteiger partial charge in [0, 0.05) is 47.9 Å². The standard InChI is InChI=1S/C33H40N2O11S/c1-14-8-19-9-20-33(40)35-21(10-42-12-36)23-24(29(46-18(5)38)16(3)30-31(23)44-13-43-30)32(47-11-15(2)45-17(4)37)26(35)25(34(20)6)22(19)27(39)28(14)41-7/h8,12,15,20-21,25-26,32-33,39-40H,9-11,13H2,1-7H3/t15-,20-,21-,25+,26?,32+,33-/m0/s1. The fourth-order valence-electron chi connectivity index (χ4n) is 7.93. The molecule has 254 valence electrons. The summed E-state index contributed by atoms with van der Waals surface area (Å²) in [5.74, 6) is 0.863. The van der Waals surface area contributed by atoms with Crippen molar-refractivity contribution >= 4 is 30.2 Å². The van der Waals surface area contributed by atoms with E-state index in [9.17, 15) is 24.6 Å². The molecule has 4 heterocycles. The molecule has 2 bridgehead atoms. The van der Waals surface area contributed by atoms with Crippen molar-refractivity contribution in [2.75, 3.05) is 33.3 Å². The van der Waals surface area contributed by atoms with Gasteiger partial charge in [0.25, 0.3) is 6.47 Å². The number of methoxy groups -OCH3 is 1. The minimum absolute atomic E-state index is 0.0136. The van der Waals surface area contributed by atoms with Crippen molar-refractivity contribution in [1.82, 2.24) is 9.80 Å². The van der Waals surface area contributed by atoms with Gasteiger partial charge in [0.05, 0.1) is 30.5 Å². The number of carbonyl (C=O) groups is 3. The van der Waals surface area contributed by atoms with Gasteiger partial charge in [-0.25, -0.2) is 0 Å². The number of aromatic hydroxyl groups is 1. The van der Waals surface area contributed by atoms with E-state index in [1.807, 2.05) is 24.9 Å². The Kier molecular flexibility index (Phi) is 8.98. The normalized spacial score (nSPS) is 26.4. The minimum atomic E-state index is -1.06. The molecule has 0 spiro atoms. The molecule has 2 aromatic rings. The molecule has 0 amide bonds. The molecule has 7 atom stereocenters. The number of hydrogen-bond acceptors (Lipinski definition) is 14. The number of likely N-dealkylation sites (N-methyl/N-ethyl adjacent to an activating group) is 1. The Hall–Kier alpha value is -3.72. The lowest BCUT2D eigenvalue weighted by atomic mass is 9.73. The van der Waals surface area contributed by atoms with E-state index in [0.29, 0.717) is 58.1 Å². The zero-order valence-electron chi connectivity index (χ0n) is 27.4. The molecule has 6 rings (SSSR count). The molecule has 0 radical (unpaired) electrons. The number of phenolic OH excluding ortho intramolecular Hbond substituents is 1. The van der Waals surface area contributed by atoms with Gasteiger partial charge in [0.2, 0.25) is 6.79 Å². The lowest BCUT2D eigenvalue weighted by Gasteiger charge is -2.61. The third-order valence-electron chi connectivity index (χ3n) is 9.58. The highest BCUT2D eigenvalue weighted by Crippen LogP contribution is 2.63. The quantitative estimate of drug-likeness (QED) is 0.228. The van der Waals surface area contributed by atoms with Crippen molar-refractivity contribution in [3.8, 4) is 28.7 Å². The lowest BCUT2D eigenvalue weighted by molar-refractivity contribution is -0.181. The maximum Gasteiger partial charge on any atom is 0.308 e. The van der Waals surface area contributed by atoms with E-state index in [-0.39, 0.29) is 24.9 Å². The van der Waals surface area contributed by atoms with Crippen LogP contribution < -0.4 is 18.9 Å².